The van der Waals surface area contributed by atoms with E-state index in [1.54, 1.807) is 25.3 Å². The molecule has 0 spiro atoms. The molecule has 0 N–H and O–H groups in total. The molecular formula is C25H28N2O4. The summed E-state index contributed by atoms with van der Waals surface area (Å²) in [5, 5.41) is 0. The molecular weight excluding hydrogens is 392 g/mol. The average molecular weight is 421 g/mol. The Morgan fingerprint density at radius 2 is 1.87 bits per heavy atom. The number of amides is 2. The van der Waals surface area contributed by atoms with E-state index in [0.717, 1.165) is 25.9 Å². The third-order valence-electron chi connectivity index (χ3n) is 5.80. The van der Waals surface area contributed by atoms with Gasteiger partial charge in [-0.05, 0) is 43.9 Å². The van der Waals surface area contributed by atoms with Crippen molar-refractivity contribution in [1.29, 1.82) is 0 Å². The van der Waals surface area contributed by atoms with E-state index in [2.05, 4.69) is 11.8 Å². The first-order valence-corrected chi connectivity index (χ1v) is 10.8. The van der Waals surface area contributed by atoms with Gasteiger partial charge in [0.25, 0.3) is 11.8 Å². The van der Waals surface area contributed by atoms with Gasteiger partial charge < -0.3 is 14.4 Å². The van der Waals surface area contributed by atoms with Crippen molar-refractivity contribution in [3.8, 4) is 11.5 Å². The molecule has 0 aromatic heterocycles. The topological polar surface area (TPSA) is 59.1 Å². The van der Waals surface area contributed by atoms with Gasteiger partial charge in [-0.15, -0.1) is 0 Å². The molecule has 2 aliphatic rings. The fourth-order valence-electron chi connectivity index (χ4n) is 4.41. The molecule has 31 heavy (non-hydrogen) atoms. The minimum atomic E-state index is -0.337. The Morgan fingerprint density at radius 3 is 2.61 bits per heavy atom. The summed E-state index contributed by atoms with van der Waals surface area (Å²) < 4.78 is 11.1. The largest absolute Gasteiger partial charge is 0.496 e. The number of piperidine rings is 1. The molecule has 0 bridgehead atoms. The number of benzene rings is 2. The maximum Gasteiger partial charge on any atom is 0.282 e. The molecule has 2 heterocycles. The van der Waals surface area contributed by atoms with Crippen molar-refractivity contribution >= 4 is 23.1 Å². The lowest BCUT2D eigenvalue weighted by molar-refractivity contribution is -0.120. The van der Waals surface area contributed by atoms with E-state index in [0.29, 0.717) is 46.5 Å². The third kappa shape index (κ3) is 3.90. The number of nitrogens with zero attached hydrogens (tertiary/aromatic N) is 2. The molecule has 1 unspecified atom stereocenters. The minimum Gasteiger partial charge on any atom is -0.496 e. The van der Waals surface area contributed by atoms with Crippen molar-refractivity contribution in [3.63, 3.8) is 0 Å². The number of ether oxygens (including phenoxy) is 2. The van der Waals surface area contributed by atoms with Crippen LogP contribution in [-0.4, -0.2) is 43.5 Å². The van der Waals surface area contributed by atoms with Crippen LogP contribution in [0.5, 0.6) is 11.5 Å². The number of hydrogen-bond acceptors (Lipinski definition) is 5. The summed E-state index contributed by atoms with van der Waals surface area (Å²) in [6.45, 7) is 6.09. The molecule has 162 valence electrons. The van der Waals surface area contributed by atoms with Crippen molar-refractivity contribution < 1.29 is 19.1 Å². The zero-order valence-corrected chi connectivity index (χ0v) is 18.3. The molecule has 6 nitrogen and oxygen atoms in total. The molecule has 0 radical (unpaired) electrons. The van der Waals surface area contributed by atoms with Crippen LogP contribution in [0.2, 0.25) is 0 Å². The van der Waals surface area contributed by atoms with Crippen molar-refractivity contribution in [2.24, 2.45) is 5.92 Å². The second-order valence-corrected chi connectivity index (χ2v) is 7.99. The van der Waals surface area contributed by atoms with Crippen LogP contribution in [0.1, 0.15) is 32.3 Å². The van der Waals surface area contributed by atoms with Gasteiger partial charge in [-0.3, -0.25) is 9.59 Å². The number of methoxy groups -OCH3 is 1. The highest BCUT2D eigenvalue weighted by molar-refractivity contribution is 6.45. The molecule has 1 fully saturated rings. The van der Waals surface area contributed by atoms with Gasteiger partial charge in [-0.25, -0.2) is 4.90 Å². The van der Waals surface area contributed by atoms with E-state index in [1.165, 1.54) is 4.90 Å². The smallest absolute Gasteiger partial charge is 0.282 e. The van der Waals surface area contributed by atoms with Crippen LogP contribution in [0.4, 0.5) is 5.69 Å². The Hall–Kier alpha value is -3.28. The summed E-state index contributed by atoms with van der Waals surface area (Å²) >= 11 is 0. The van der Waals surface area contributed by atoms with Gasteiger partial charge in [-0.2, -0.15) is 0 Å². The molecule has 0 saturated carbocycles. The van der Waals surface area contributed by atoms with Crippen LogP contribution in [0.3, 0.4) is 0 Å². The van der Waals surface area contributed by atoms with Gasteiger partial charge >= 0.3 is 0 Å². The van der Waals surface area contributed by atoms with Gasteiger partial charge in [0.15, 0.2) is 0 Å². The Labute approximate surface area is 183 Å². The Morgan fingerprint density at radius 1 is 1.06 bits per heavy atom. The van der Waals surface area contributed by atoms with E-state index in [9.17, 15) is 9.59 Å². The highest BCUT2D eigenvalue weighted by Crippen LogP contribution is 2.39. The highest BCUT2D eigenvalue weighted by Gasteiger charge is 2.44. The van der Waals surface area contributed by atoms with E-state index in [4.69, 9.17) is 9.47 Å². The van der Waals surface area contributed by atoms with Gasteiger partial charge in [-0.1, -0.05) is 31.2 Å². The second kappa shape index (κ2) is 8.84. The van der Waals surface area contributed by atoms with Crippen LogP contribution in [-0.2, 0) is 9.59 Å². The minimum absolute atomic E-state index is 0.298. The summed E-state index contributed by atoms with van der Waals surface area (Å²) in [5.74, 6) is 1.02. The number of carbonyl (C=O) groups is 2. The highest BCUT2D eigenvalue weighted by atomic mass is 16.5. The number of rotatable bonds is 6. The lowest BCUT2D eigenvalue weighted by atomic mass is 9.97. The standard InChI is InChI=1S/C25H28N2O4/c1-4-31-19-11-7-10-18(15-19)27-24(28)22(20-12-5-6-13-21(20)30-3)23(25(27)29)26-14-8-9-17(2)16-26/h5-7,10-13,15,17H,4,8-9,14,16H2,1-3H3. The summed E-state index contributed by atoms with van der Waals surface area (Å²) in [6, 6.07) is 14.5. The fraction of sp³-hybridized carbons (Fsp3) is 0.360. The summed E-state index contributed by atoms with van der Waals surface area (Å²) in [6.07, 6.45) is 2.11. The molecule has 2 aliphatic heterocycles. The monoisotopic (exact) mass is 420 g/mol. The maximum atomic E-state index is 13.7. The van der Waals surface area contributed by atoms with Crippen molar-refractivity contribution in [1.82, 2.24) is 4.90 Å². The average Bonchev–Trinajstić information content (AvgIpc) is 3.04. The molecule has 1 atom stereocenters. The van der Waals surface area contributed by atoms with E-state index < -0.39 is 0 Å². The van der Waals surface area contributed by atoms with E-state index in [-0.39, 0.29) is 11.8 Å². The lowest BCUT2D eigenvalue weighted by Crippen LogP contribution is -2.39. The maximum absolute atomic E-state index is 13.7. The predicted molar refractivity (Wildman–Crippen MR) is 120 cm³/mol. The molecule has 1 saturated heterocycles. The van der Waals surface area contributed by atoms with Crippen molar-refractivity contribution in [2.45, 2.75) is 26.7 Å². The normalized spacial score (nSPS) is 19.3. The second-order valence-electron chi connectivity index (χ2n) is 7.99. The zero-order chi connectivity index (χ0) is 22.0. The number of likely N-dealkylation sites (tertiary alicyclic amines) is 1. The van der Waals surface area contributed by atoms with Gasteiger partial charge in [0.05, 0.1) is 25.0 Å². The van der Waals surface area contributed by atoms with Crippen LogP contribution >= 0.6 is 0 Å². The number of hydrogen-bond donors (Lipinski definition) is 0. The Bertz CT molecular complexity index is 1030. The van der Waals surface area contributed by atoms with E-state index >= 15 is 0 Å². The Kier molecular flexibility index (Phi) is 5.98. The fourth-order valence-corrected chi connectivity index (χ4v) is 4.41. The molecule has 6 heteroatoms. The van der Waals surface area contributed by atoms with Gasteiger partial charge in [0.1, 0.15) is 17.2 Å². The molecule has 2 aromatic carbocycles. The number of para-hydroxylation sites is 1. The van der Waals surface area contributed by atoms with Crippen molar-refractivity contribution in [2.75, 3.05) is 31.7 Å². The molecule has 4 rings (SSSR count). The number of imide groups is 1. The summed E-state index contributed by atoms with van der Waals surface area (Å²) in [4.78, 5) is 30.7. The van der Waals surface area contributed by atoms with Crippen LogP contribution in [0, 0.1) is 5.92 Å². The molecule has 0 aliphatic carbocycles. The number of anilines is 1. The van der Waals surface area contributed by atoms with Crippen LogP contribution in [0.25, 0.3) is 5.57 Å². The lowest BCUT2D eigenvalue weighted by Gasteiger charge is -2.33. The summed E-state index contributed by atoms with van der Waals surface area (Å²) in [7, 11) is 1.58. The first-order valence-electron chi connectivity index (χ1n) is 10.8. The van der Waals surface area contributed by atoms with Crippen LogP contribution < -0.4 is 14.4 Å². The zero-order valence-electron chi connectivity index (χ0n) is 18.3. The molecule has 2 aromatic rings. The summed E-state index contributed by atoms with van der Waals surface area (Å²) in [5.41, 5.74) is 2.01. The Balaban J connectivity index is 1.83. The first-order chi connectivity index (χ1) is 15.0. The predicted octanol–water partition coefficient (Wildman–Crippen LogP) is 4.11. The van der Waals surface area contributed by atoms with E-state index in [1.807, 2.05) is 37.3 Å². The first kappa shape index (κ1) is 21.0. The number of carbonyl (C=O) groups excluding carboxylic acids is 2. The third-order valence-corrected chi connectivity index (χ3v) is 5.80. The van der Waals surface area contributed by atoms with Crippen LogP contribution in [0.15, 0.2) is 54.2 Å². The quantitative estimate of drug-likeness (QED) is 0.659. The molecule has 2 amide bonds. The van der Waals surface area contributed by atoms with Crippen molar-refractivity contribution in [3.05, 3.63) is 59.8 Å². The van der Waals surface area contributed by atoms with Gasteiger partial charge in [0, 0.05) is 24.7 Å². The SMILES string of the molecule is CCOc1cccc(N2C(=O)C(c3ccccc3OC)=C(N3CCCC(C)C3)C2=O)c1. The van der Waals surface area contributed by atoms with Gasteiger partial charge in [0.2, 0.25) is 0 Å².